The van der Waals surface area contributed by atoms with E-state index in [1.54, 1.807) is 23.1 Å². The van der Waals surface area contributed by atoms with Gasteiger partial charge in [0.05, 0.1) is 18.2 Å². The van der Waals surface area contributed by atoms with Gasteiger partial charge in [-0.3, -0.25) is 9.69 Å². The van der Waals surface area contributed by atoms with Crippen LogP contribution < -0.4 is 15.4 Å². The highest BCUT2D eigenvalue weighted by atomic mass is 16.5. The first-order valence-electron chi connectivity index (χ1n) is 14.3. The number of hydrogen-bond acceptors (Lipinski definition) is 5. The van der Waals surface area contributed by atoms with Crippen molar-refractivity contribution in [3.05, 3.63) is 83.9 Å². The first-order valence-corrected chi connectivity index (χ1v) is 14.3. The molecule has 0 aromatic heterocycles. The van der Waals surface area contributed by atoms with Gasteiger partial charge in [-0.15, -0.1) is 0 Å². The zero-order valence-corrected chi connectivity index (χ0v) is 24.6. The number of carbonyl (C=O) groups is 2. The van der Waals surface area contributed by atoms with E-state index in [-0.39, 0.29) is 42.7 Å². The average molecular weight is 559 g/mol. The second-order valence-electron chi connectivity index (χ2n) is 11.3. The van der Waals surface area contributed by atoms with Gasteiger partial charge in [0.1, 0.15) is 11.9 Å². The van der Waals surface area contributed by atoms with Crippen molar-refractivity contribution in [3.8, 4) is 16.9 Å². The topological polar surface area (TPSA) is 94.1 Å². The van der Waals surface area contributed by atoms with Crippen LogP contribution >= 0.6 is 0 Å². The number of likely N-dealkylation sites (N-methyl/N-ethyl adjacent to an activating group) is 1. The van der Waals surface area contributed by atoms with E-state index >= 15 is 0 Å². The predicted molar refractivity (Wildman–Crippen MR) is 163 cm³/mol. The average Bonchev–Trinajstić information content (AvgIpc) is 2.95. The van der Waals surface area contributed by atoms with E-state index in [4.69, 9.17) is 4.74 Å². The molecule has 3 atom stereocenters. The van der Waals surface area contributed by atoms with Crippen LogP contribution in [0.4, 0.5) is 10.5 Å². The first kappa shape index (κ1) is 30.1. The summed E-state index contributed by atoms with van der Waals surface area (Å²) in [6, 6.07) is 23.3. The van der Waals surface area contributed by atoms with Crippen LogP contribution in [0.3, 0.4) is 0 Å². The minimum absolute atomic E-state index is 0.0126. The van der Waals surface area contributed by atoms with E-state index in [1.165, 1.54) is 16.7 Å². The SMILES string of the molecule is CC(C)NC(=O)Nc1ccc2c(c1)C(=O)N([C@H](C)CO)C[C@H](C)[C@H](CN(C)Cc1ccc(-c3ccccc3)cc1)O2. The number of aliphatic hydroxyl groups excluding tert-OH is 1. The van der Waals surface area contributed by atoms with Crippen LogP contribution in [-0.2, 0) is 6.54 Å². The molecule has 0 bridgehead atoms. The number of anilines is 1. The molecule has 0 fully saturated rings. The smallest absolute Gasteiger partial charge is 0.319 e. The van der Waals surface area contributed by atoms with Gasteiger partial charge >= 0.3 is 6.03 Å². The third-order valence-corrected chi connectivity index (χ3v) is 7.35. The minimum atomic E-state index is -0.363. The summed E-state index contributed by atoms with van der Waals surface area (Å²) in [5, 5.41) is 15.5. The Morgan fingerprint density at radius 3 is 2.39 bits per heavy atom. The molecule has 3 N–H and O–H groups in total. The van der Waals surface area contributed by atoms with Crippen molar-refractivity contribution < 1.29 is 19.4 Å². The molecule has 3 aromatic rings. The Bertz CT molecular complexity index is 1310. The maximum Gasteiger partial charge on any atom is 0.319 e. The zero-order valence-electron chi connectivity index (χ0n) is 24.6. The van der Waals surface area contributed by atoms with E-state index in [2.05, 4.69) is 65.9 Å². The monoisotopic (exact) mass is 558 g/mol. The first-order chi connectivity index (χ1) is 19.6. The summed E-state index contributed by atoms with van der Waals surface area (Å²) in [6.45, 7) is 9.36. The van der Waals surface area contributed by atoms with Gasteiger partial charge in [-0.05, 0) is 62.7 Å². The molecule has 0 unspecified atom stereocenters. The molecule has 0 saturated carbocycles. The molecule has 8 heteroatoms. The second kappa shape index (κ2) is 13.7. The zero-order chi connectivity index (χ0) is 29.5. The Balaban J connectivity index is 1.52. The fraction of sp³-hybridized carbons (Fsp3) is 0.394. The molecule has 8 nitrogen and oxygen atoms in total. The van der Waals surface area contributed by atoms with Crippen molar-refractivity contribution in [1.82, 2.24) is 15.1 Å². The number of ether oxygens (including phenoxy) is 1. The highest BCUT2D eigenvalue weighted by Gasteiger charge is 2.33. The molecular weight excluding hydrogens is 516 g/mol. The molecule has 0 radical (unpaired) electrons. The highest BCUT2D eigenvalue weighted by Crippen LogP contribution is 2.31. The van der Waals surface area contributed by atoms with Crippen LogP contribution in [0.5, 0.6) is 5.75 Å². The van der Waals surface area contributed by atoms with Crippen molar-refractivity contribution in [1.29, 1.82) is 0 Å². The van der Waals surface area contributed by atoms with E-state index in [0.29, 0.717) is 30.1 Å². The van der Waals surface area contributed by atoms with Crippen LogP contribution in [0.2, 0.25) is 0 Å². The van der Waals surface area contributed by atoms with Crippen molar-refractivity contribution >= 4 is 17.6 Å². The molecule has 0 spiro atoms. The summed E-state index contributed by atoms with van der Waals surface area (Å²) >= 11 is 0. The van der Waals surface area contributed by atoms with Crippen LogP contribution in [0.15, 0.2) is 72.8 Å². The Morgan fingerprint density at radius 2 is 1.73 bits per heavy atom. The van der Waals surface area contributed by atoms with Crippen LogP contribution in [0, 0.1) is 5.92 Å². The van der Waals surface area contributed by atoms with Gasteiger partial charge in [0.2, 0.25) is 0 Å². The number of urea groups is 1. The normalized spacial score (nSPS) is 17.9. The third kappa shape index (κ3) is 7.86. The Morgan fingerprint density at radius 1 is 1.05 bits per heavy atom. The fourth-order valence-corrected chi connectivity index (χ4v) is 5.06. The molecule has 218 valence electrons. The number of nitrogens with zero attached hydrogens (tertiary/aromatic N) is 2. The number of fused-ring (bicyclic) bond motifs is 1. The Hall–Kier alpha value is -3.88. The maximum atomic E-state index is 13.6. The van der Waals surface area contributed by atoms with E-state index < -0.39 is 0 Å². The number of aliphatic hydroxyl groups is 1. The number of benzene rings is 3. The largest absolute Gasteiger partial charge is 0.488 e. The fourth-order valence-electron chi connectivity index (χ4n) is 5.06. The number of nitrogens with one attached hydrogen (secondary N) is 2. The quantitative estimate of drug-likeness (QED) is 0.334. The van der Waals surface area contributed by atoms with Gasteiger partial charge < -0.3 is 25.4 Å². The number of carbonyl (C=O) groups excluding carboxylic acids is 2. The third-order valence-electron chi connectivity index (χ3n) is 7.35. The highest BCUT2D eigenvalue weighted by molar-refractivity contribution is 5.99. The molecule has 3 aromatic carbocycles. The number of rotatable bonds is 9. The van der Waals surface area contributed by atoms with Crippen LogP contribution in [-0.4, -0.2) is 71.8 Å². The standard InChI is InChI=1S/C33H42N4O4/c1-22(2)34-33(40)35-28-15-16-30-29(17-28)32(39)37(24(4)21-38)18-23(3)31(41-30)20-36(5)19-25-11-13-27(14-12-25)26-9-7-6-8-10-26/h6-17,22-24,31,38H,18-21H2,1-5H3,(H2,34,35,40)/t23-,24+,31-/m0/s1. The molecule has 4 rings (SSSR count). The van der Waals surface area contributed by atoms with Gasteiger partial charge in [-0.2, -0.15) is 0 Å². The lowest BCUT2D eigenvalue weighted by Crippen LogP contribution is -2.49. The summed E-state index contributed by atoms with van der Waals surface area (Å²) in [6.07, 6.45) is -0.202. The van der Waals surface area contributed by atoms with Crippen molar-refractivity contribution in [2.24, 2.45) is 5.92 Å². The minimum Gasteiger partial charge on any atom is -0.488 e. The van der Waals surface area contributed by atoms with E-state index in [9.17, 15) is 14.7 Å². The van der Waals surface area contributed by atoms with Crippen LogP contribution in [0.25, 0.3) is 11.1 Å². The van der Waals surface area contributed by atoms with Gasteiger partial charge in [0.25, 0.3) is 5.91 Å². The number of hydrogen-bond donors (Lipinski definition) is 3. The molecule has 1 aliphatic heterocycles. The molecule has 1 aliphatic rings. The van der Waals surface area contributed by atoms with E-state index in [0.717, 1.165) is 6.54 Å². The van der Waals surface area contributed by atoms with Crippen molar-refractivity contribution in [2.45, 2.75) is 52.4 Å². The summed E-state index contributed by atoms with van der Waals surface area (Å²) in [4.78, 5) is 29.9. The van der Waals surface area contributed by atoms with E-state index in [1.807, 2.05) is 39.0 Å². The lowest BCUT2D eigenvalue weighted by atomic mass is 9.99. The molecule has 3 amide bonds. The van der Waals surface area contributed by atoms with Crippen molar-refractivity contribution in [3.63, 3.8) is 0 Å². The molecule has 0 aliphatic carbocycles. The summed E-state index contributed by atoms with van der Waals surface area (Å²) < 4.78 is 6.51. The van der Waals surface area contributed by atoms with Gasteiger partial charge in [0, 0.05) is 37.3 Å². The van der Waals surface area contributed by atoms with Crippen molar-refractivity contribution in [2.75, 3.05) is 32.1 Å². The number of amides is 3. The summed E-state index contributed by atoms with van der Waals surface area (Å²) in [5.74, 6) is 0.252. The van der Waals surface area contributed by atoms with Crippen LogP contribution in [0.1, 0.15) is 43.6 Å². The summed E-state index contributed by atoms with van der Waals surface area (Å²) in [5.41, 5.74) is 4.44. The lowest BCUT2D eigenvalue weighted by Gasteiger charge is -2.38. The Kier molecular flexibility index (Phi) is 10.0. The molecule has 1 heterocycles. The lowest BCUT2D eigenvalue weighted by molar-refractivity contribution is 0.0341. The van der Waals surface area contributed by atoms with Gasteiger partial charge in [-0.25, -0.2) is 4.79 Å². The second-order valence-corrected chi connectivity index (χ2v) is 11.3. The Labute approximate surface area is 243 Å². The maximum absolute atomic E-state index is 13.6. The molecular formula is C33H42N4O4. The summed E-state index contributed by atoms with van der Waals surface area (Å²) in [7, 11) is 2.07. The van der Waals surface area contributed by atoms with Gasteiger partial charge in [0.15, 0.2) is 0 Å². The molecule has 0 saturated heterocycles. The predicted octanol–water partition coefficient (Wildman–Crippen LogP) is 5.24. The molecule has 41 heavy (non-hydrogen) atoms. The van der Waals surface area contributed by atoms with Gasteiger partial charge in [-0.1, -0.05) is 61.5 Å².